The summed E-state index contributed by atoms with van der Waals surface area (Å²) in [5, 5.41) is 4.59. The summed E-state index contributed by atoms with van der Waals surface area (Å²) in [6.07, 6.45) is 8.76. The SMILES string of the molecule is Cc1cccc(C(CC(=O)NC2CCCCC2)c2cn(C(C)C)c3ccccc23)c1. The zero-order valence-corrected chi connectivity index (χ0v) is 18.5. The van der Waals surface area contributed by atoms with E-state index in [1.165, 1.54) is 46.9 Å². The molecule has 0 radical (unpaired) electrons. The zero-order valence-electron chi connectivity index (χ0n) is 18.5. The van der Waals surface area contributed by atoms with Gasteiger partial charge < -0.3 is 9.88 Å². The van der Waals surface area contributed by atoms with Crippen LogP contribution < -0.4 is 5.32 Å². The Morgan fingerprint density at radius 1 is 1.07 bits per heavy atom. The molecule has 1 fully saturated rings. The first kappa shape index (κ1) is 20.7. The number of amides is 1. The summed E-state index contributed by atoms with van der Waals surface area (Å²) in [4.78, 5) is 13.1. The van der Waals surface area contributed by atoms with Crippen LogP contribution in [0.5, 0.6) is 0 Å². The predicted molar refractivity (Wildman–Crippen MR) is 125 cm³/mol. The summed E-state index contributed by atoms with van der Waals surface area (Å²) in [5.74, 6) is 0.230. The van der Waals surface area contributed by atoms with Crippen molar-refractivity contribution in [3.8, 4) is 0 Å². The maximum Gasteiger partial charge on any atom is 0.221 e. The molecule has 3 aromatic rings. The molecule has 1 aromatic heterocycles. The second-order valence-corrected chi connectivity index (χ2v) is 9.18. The molecule has 30 heavy (non-hydrogen) atoms. The molecule has 3 heteroatoms. The predicted octanol–water partition coefficient (Wildman–Crippen LogP) is 6.50. The lowest BCUT2D eigenvalue weighted by Gasteiger charge is -2.24. The second-order valence-electron chi connectivity index (χ2n) is 9.18. The van der Waals surface area contributed by atoms with Gasteiger partial charge in [-0.25, -0.2) is 0 Å². The minimum atomic E-state index is 0.0541. The maximum atomic E-state index is 13.1. The minimum absolute atomic E-state index is 0.0541. The molecule has 0 saturated heterocycles. The molecule has 1 atom stereocenters. The van der Waals surface area contributed by atoms with Crippen LogP contribution in [-0.2, 0) is 4.79 Å². The van der Waals surface area contributed by atoms with Crippen LogP contribution in [0.15, 0.2) is 54.7 Å². The molecule has 0 spiro atoms. The molecule has 1 aliphatic rings. The van der Waals surface area contributed by atoms with Crippen LogP contribution in [0.1, 0.15) is 81.0 Å². The molecule has 4 rings (SSSR count). The molecular weight excluding hydrogens is 368 g/mol. The van der Waals surface area contributed by atoms with Gasteiger partial charge in [0.25, 0.3) is 0 Å². The van der Waals surface area contributed by atoms with Crippen molar-refractivity contribution >= 4 is 16.8 Å². The van der Waals surface area contributed by atoms with Gasteiger partial charge in [0.05, 0.1) is 0 Å². The molecule has 2 aromatic carbocycles. The molecule has 158 valence electrons. The first-order valence-electron chi connectivity index (χ1n) is 11.5. The van der Waals surface area contributed by atoms with Crippen molar-refractivity contribution in [1.29, 1.82) is 0 Å². The zero-order chi connectivity index (χ0) is 21.1. The quantitative estimate of drug-likeness (QED) is 0.501. The summed E-state index contributed by atoms with van der Waals surface area (Å²) < 4.78 is 2.34. The smallest absolute Gasteiger partial charge is 0.221 e. The highest BCUT2D eigenvalue weighted by molar-refractivity contribution is 5.87. The van der Waals surface area contributed by atoms with Crippen molar-refractivity contribution in [2.45, 2.75) is 77.3 Å². The van der Waals surface area contributed by atoms with Crippen LogP contribution in [0.2, 0.25) is 0 Å². The fourth-order valence-corrected chi connectivity index (χ4v) is 4.95. The van der Waals surface area contributed by atoms with Crippen LogP contribution in [0, 0.1) is 6.92 Å². The molecule has 1 heterocycles. The van der Waals surface area contributed by atoms with Crippen molar-refractivity contribution in [1.82, 2.24) is 9.88 Å². The van der Waals surface area contributed by atoms with Gasteiger partial charge in [-0.1, -0.05) is 67.3 Å². The Morgan fingerprint density at radius 2 is 1.83 bits per heavy atom. The number of fused-ring (bicyclic) bond motifs is 1. The van der Waals surface area contributed by atoms with E-state index >= 15 is 0 Å². The fraction of sp³-hybridized carbons (Fsp3) is 0.444. The normalized spacial score (nSPS) is 16.1. The number of aromatic nitrogens is 1. The van der Waals surface area contributed by atoms with Crippen LogP contribution >= 0.6 is 0 Å². The molecule has 1 saturated carbocycles. The van der Waals surface area contributed by atoms with Crippen LogP contribution in [0.25, 0.3) is 10.9 Å². The van der Waals surface area contributed by atoms with Gasteiger partial charge in [0.1, 0.15) is 0 Å². The maximum absolute atomic E-state index is 13.1. The van der Waals surface area contributed by atoms with Gasteiger partial charge in [-0.2, -0.15) is 0 Å². The Bertz CT molecular complexity index is 1010. The van der Waals surface area contributed by atoms with Crippen LogP contribution in [0.4, 0.5) is 0 Å². The van der Waals surface area contributed by atoms with E-state index in [4.69, 9.17) is 0 Å². The van der Waals surface area contributed by atoms with Crippen molar-refractivity contribution in [2.24, 2.45) is 0 Å². The lowest BCUT2D eigenvalue weighted by Crippen LogP contribution is -2.36. The van der Waals surface area contributed by atoms with Gasteiger partial charge in [0.2, 0.25) is 5.91 Å². The summed E-state index contributed by atoms with van der Waals surface area (Å²) >= 11 is 0. The molecule has 0 bridgehead atoms. The standard InChI is InChI=1S/C27H34N2O/c1-19(2)29-18-25(23-14-7-8-15-26(23)29)24(21-11-9-10-20(3)16-21)17-27(30)28-22-12-5-4-6-13-22/h7-11,14-16,18-19,22,24H,4-6,12-13,17H2,1-3H3,(H,28,30). The highest BCUT2D eigenvalue weighted by Crippen LogP contribution is 2.36. The van der Waals surface area contributed by atoms with Crippen molar-refractivity contribution < 1.29 is 4.79 Å². The Balaban J connectivity index is 1.71. The molecule has 1 unspecified atom stereocenters. The highest BCUT2D eigenvalue weighted by atomic mass is 16.1. The molecule has 0 aliphatic heterocycles. The van der Waals surface area contributed by atoms with Crippen LogP contribution in [-0.4, -0.2) is 16.5 Å². The number of nitrogens with zero attached hydrogens (tertiary/aromatic N) is 1. The van der Waals surface area contributed by atoms with Gasteiger partial charge in [0.15, 0.2) is 0 Å². The average Bonchev–Trinajstić information content (AvgIpc) is 3.12. The lowest BCUT2D eigenvalue weighted by atomic mass is 9.87. The van der Waals surface area contributed by atoms with E-state index < -0.39 is 0 Å². The number of nitrogens with one attached hydrogen (secondary N) is 1. The summed E-state index contributed by atoms with van der Waals surface area (Å²) in [7, 11) is 0. The minimum Gasteiger partial charge on any atom is -0.353 e. The third kappa shape index (κ3) is 4.45. The summed E-state index contributed by atoms with van der Waals surface area (Å²) in [6, 6.07) is 18.0. The van der Waals surface area contributed by atoms with E-state index in [1.54, 1.807) is 0 Å². The molecular formula is C27H34N2O. The van der Waals surface area contributed by atoms with E-state index in [1.807, 2.05) is 0 Å². The number of benzene rings is 2. The van der Waals surface area contributed by atoms with E-state index in [0.29, 0.717) is 18.5 Å². The fourth-order valence-electron chi connectivity index (χ4n) is 4.95. The lowest BCUT2D eigenvalue weighted by molar-refractivity contribution is -0.122. The highest BCUT2D eigenvalue weighted by Gasteiger charge is 2.25. The number of para-hydroxylation sites is 1. The van der Waals surface area contributed by atoms with E-state index in [-0.39, 0.29) is 11.8 Å². The van der Waals surface area contributed by atoms with Gasteiger partial charge in [-0.3, -0.25) is 4.79 Å². The van der Waals surface area contributed by atoms with Crippen molar-refractivity contribution in [3.63, 3.8) is 0 Å². The molecule has 1 aliphatic carbocycles. The largest absolute Gasteiger partial charge is 0.353 e. The molecule has 1 amide bonds. The van der Waals surface area contributed by atoms with E-state index in [2.05, 4.69) is 85.4 Å². The second kappa shape index (κ2) is 9.07. The number of carbonyl (C=O) groups excluding carboxylic acids is 1. The first-order valence-corrected chi connectivity index (χ1v) is 11.5. The number of hydrogen-bond donors (Lipinski definition) is 1. The Kier molecular flexibility index (Phi) is 6.26. The molecule has 3 nitrogen and oxygen atoms in total. The third-order valence-electron chi connectivity index (χ3n) is 6.51. The number of hydrogen-bond acceptors (Lipinski definition) is 1. The topological polar surface area (TPSA) is 34.0 Å². The Morgan fingerprint density at radius 3 is 2.57 bits per heavy atom. The van der Waals surface area contributed by atoms with Gasteiger partial charge in [-0.05, 0) is 50.8 Å². The summed E-state index contributed by atoms with van der Waals surface area (Å²) in [6.45, 7) is 6.56. The monoisotopic (exact) mass is 402 g/mol. The van der Waals surface area contributed by atoms with Gasteiger partial charge in [-0.15, -0.1) is 0 Å². The van der Waals surface area contributed by atoms with E-state index in [0.717, 1.165) is 12.8 Å². The Labute approximate surface area is 180 Å². The first-order chi connectivity index (χ1) is 14.5. The number of rotatable bonds is 6. The van der Waals surface area contributed by atoms with E-state index in [9.17, 15) is 4.79 Å². The summed E-state index contributed by atoms with van der Waals surface area (Å²) in [5.41, 5.74) is 4.95. The number of aryl methyl sites for hydroxylation is 1. The number of carbonyl (C=O) groups is 1. The third-order valence-corrected chi connectivity index (χ3v) is 6.51. The van der Waals surface area contributed by atoms with Gasteiger partial charge in [0, 0.05) is 41.5 Å². The Hall–Kier alpha value is -2.55. The van der Waals surface area contributed by atoms with Crippen LogP contribution in [0.3, 0.4) is 0 Å². The van der Waals surface area contributed by atoms with Crippen molar-refractivity contribution in [2.75, 3.05) is 0 Å². The van der Waals surface area contributed by atoms with Gasteiger partial charge >= 0.3 is 0 Å². The average molecular weight is 403 g/mol. The van der Waals surface area contributed by atoms with Crippen molar-refractivity contribution in [3.05, 3.63) is 71.4 Å². The molecule has 1 N–H and O–H groups in total.